The van der Waals surface area contributed by atoms with E-state index in [-0.39, 0.29) is 5.56 Å². The molecule has 11 heteroatoms. The largest absolute Gasteiger partial charge is 0.383 e. The van der Waals surface area contributed by atoms with E-state index in [1.807, 2.05) is 17.9 Å². The Kier molecular flexibility index (Phi) is 6.72. The average molecular weight is 556 g/mol. The number of hydrogen-bond donors (Lipinski definition) is 3. The van der Waals surface area contributed by atoms with E-state index < -0.39 is 11.6 Å². The first kappa shape index (κ1) is 26.5. The number of hydrogen-bond acceptors (Lipinski definition) is 5. The summed E-state index contributed by atoms with van der Waals surface area (Å²) in [5.74, 6) is 0.661. The highest BCUT2D eigenvalue weighted by atomic mass is 19.1. The number of guanidine groups is 1. The van der Waals surface area contributed by atoms with Crippen LogP contribution in [-0.4, -0.2) is 49.4 Å². The predicted octanol–water partition coefficient (Wildman–Crippen LogP) is 4.99. The maximum atomic E-state index is 14.4. The number of benzene rings is 1. The summed E-state index contributed by atoms with van der Waals surface area (Å²) in [7, 11) is 0. The topological polar surface area (TPSA) is 135 Å². The fourth-order valence-electron chi connectivity index (χ4n) is 5.42. The van der Waals surface area contributed by atoms with Gasteiger partial charge < -0.3 is 16.4 Å². The van der Waals surface area contributed by atoms with E-state index in [1.165, 1.54) is 17.7 Å². The van der Waals surface area contributed by atoms with Crippen molar-refractivity contribution in [1.82, 2.24) is 24.5 Å². The number of anilines is 1. The Morgan fingerprint density at radius 3 is 2.59 bits per heavy atom. The van der Waals surface area contributed by atoms with E-state index in [0.29, 0.717) is 47.1 Å². The van der Waals surface area contributed by atoms with Crippen molar-refractivity contribution in [3.8, 4) is 22.4 Å². The summed E-state index contributed by atoms with van der Waals surface area (Å²) < 4.78 is 30.2. The van der Waals surface area contributed by atoms with Crippen molar-refractivity contribution in [3.05, 3.63) is 76.8 Å². The fraction of sp³-hybridized carbons (Fsp3) is 0.300. The van der Waals surface area contributed by atoms with Crippen molar-refractivity contribution >= 4 is 23.8 Å². The van der Waals surface area contributed by atoms with Crippen molar-refractivity contribution in [3.63, 3.8) is 0 Å². The molecule has 9 nitrogen and oxygen atoms in total. The smallest absolute Gasteiger partial charge is 0.198 e. The number of rotatable bonds is 5. The molecule has 0 spiro atoms. The van der Waals surface area contributed by atoms with Crippen LogP contribution in [0.2, 0.25) is 0 Å². The summed E-state index contributed by atoms with van der Waals surface area (Å²) in [6, 6.07) is 6.44. The molecule has 2 fully saturated rings. The predicted molar refractivity (Wildman–Crippen MR) is 156 cm³/mol. The van der Waals surface area contributed by atoms with Gasteiger partial charge in [0.05, 0.1) is 17.9 Å². The number of aromatic nitrogens is 4. The molecule has 1 aliphatic heterocycles. The molecule has 7 rings (SSSR count). The van der Waals surface area contributed by atoms with Gasteiger partial charge in [-0.2, -0.15) is 9.61 Å². The molecule has 210 valence electrons. The molecule has 3 aromatic heterocycles. The van der Waals surface area contributed by atoms with Crippen LogP contribution in [0.4, 0.5) is 14.6 Å². The van der Waals surface area contributed by atoms with Crippen LogP contribution in [0.15, 0.2) is 53.3 Å². The van der Waals surface area contributed by atoms with Crippen LogP contribution in [0.25, 0.3) is 28.0 Å². The minimum absolute atomic E-state index is 0.142. The number of nitrogens with one attached hydrogen (secondary N) is 1. The zero-order valence-electron chi connectivity index (χ0n) is 22.9. The van der Waals surface area contributed by atoms with E-state index in [2.05, 4.69) is 21.2 Å². The highest BCUT2D eigenvalue weighted by Gasteiger charge is 2.40. The quantitative estimate of drug-likeness (QED) is 0.180. The molecule has 5 N–H and O–H groups in total. The molecule has 1 aromatic carbocycles. The Morgan fingerprint density at radius 1 is 1.17 bits per heavy atom. The molecule has 1 unspecified atom stereocenters. The fourth-order valence-corrected chi connectivity index (χ4v) is 5.42. The summed E-state index contributed by atoms with van der Waals surface area (Å²) in [6.45, 7) is 4.62. The third-order valence-electron chi connectivity index (χ3n) is 7.88. The first-order chi connectivity index (χ1) is 19.8. The lowest BCUT2D eigenvalue weighted by Gasteiger charge is -2.17. The van der Waals surface area contributed by atoms with Gasteiger partial charge >= 0.3 is 0 Å². The molecule has 41 heavy (non-hydrogen) atoms. The third kappa shape index (κ3) is 4.92. The molecule has 0 amide bonds. The van der Waals surface area contributed by atoms with E-state index in [4.69, 9.17) is 21.9 Å². The van der Waals surface area contributed by atoms with Gasteiger partial charge in [-0.15, -0.1) is 0 Å². The Morgan fingerprint density at radius 2 is 1.98 bits per heavy atom. The van der Waals surface area contributed by atoms with Crippen LogP contribution in [0.1, 0.15) is 48.9 Å². The Balaban J connectivity index is 0.000000229. The van der Waals surface area contributed by atoms with Crippen molar-refractivity contribution < 1.29 is 8.78 Å². The van der Waals surface area contributed by atoms with Crippen molar-refractivity contribution in [2.45, 2.75) is 51.5 Å². The van der Waals surface area contributed by atoms with E-state index >= 15 is 0 Å². The van der Waals surface area contributed by atoms with E-state index in [1.54, 1.807) is 29.9 Å². The maximum Gasteiger partial charge on any atom is 0.198 e. The summed E-state index contributed by atoms with van der Waals surface area (Å²) in [4.78, 5) is 14.8. The van der Waals surface area contributed by atoms with Crippen LogP contribution in [0, 0.1) is 24.0 Å². The van der Waals surface area contributed by atoms with Gasteiger partial charge in [0.1, 0.15) is 23.8 Å². The van der Waals surface area contributed by atoms with Crippen LogP contribution in [-0.2, 0) is 6.42 Å². The highest BCUT2D eigenvalue weighted by Crippen LogP contribution is 2.44. The molecule has 2 aliphatic carbocycles. The van der Waals surface area contributed by atoms with Gasteiger partial charge in [0.2, 0.25) is 0 Å². The number of fused-ring (bicyclic) bond motifs is 2. The number of aliphatic imine (C=N–C) groups is 1. The lowest BCUT2D eigenvalue weighted by Crippen LogP contribution is -2.37. The second-order valence-corrected chi connectivity index (χ2v) is 10.5. The Hall–Kier alpha value is -4.67. The first-order valence-corrected chi connectivity index (χ1v) is 13.7. The summed E-state index contributed by atoms with van der Waals surface area (Å²) >= 11 is 0. The van der Waals surface area contributed by atoms with E-state index in [9.17, 15) is 8.78 Å². The third-order valence-corrected chi connectivity index (χ3v) is 7.88. The zero-order valence-corrected chi connectivity index (χ0v) is 22.9. The number of nitrogens with two attached hydrogens (primary N) is 2. The van der Waals surface area contributed by atoms with Gasteiger partial charge in [0, 0.05) is 40.7 Å². The molecule has 4 aromatic rings. The van der Waals surface area contributed by atoms with Crippen LogP contribution < -0.4 is 11.5 Å². The van der Waals surface area contributed by atoms with Gasteiger partial charge in [-0.25, -0.2) is 18.8 Å². The van der Waals surface area contributed by atoms with Crippen molar-refractivity contribution in [1.29, 1.82) is 5.41 Å². The second-order valence-electron chi connectivity index (χ2n) is 10.5. The Labute approximate surface area is 236 Å². The lowest BCUT2D eigenvalue weighted by atomic mass is 10.0. The van der Waals surface area contributed by atoms with Crippen molar-refractivity contribution in [2.75, 3.05) is 12.3 Å². The average Bonchev–Trinajstić information content (AvgIpc) is 3.87. The lowest BCUT2D eigenvalue weighted by molar-refractivity contribution is 0.475. The number of halogens is 2. The number of pyridine rings is 1. The van der Waals surface area contributed by atoms with Crippen LogP contribution >= 0.6 is 0 Å². The molecule has 2 saturated carbocycles. The second kappa shape index (κ2) is 10.4. The van der Waals surface area contributed by atoms with Gasteiger partial charge in [-0.3, -0.25) is 10.4 Å². The van der Waals surface area contributed by atoms with Gasteiger partial charge in [0.15, 0.2) is 11.6 Å². The maximum absolute atomic E-state index is 14.4. The summed E-state index contributed by atoms with van der Waals surface area (Å²) in [5, 5.41) is 11.2. The number of nitrogens with zero attached hydrogens (tertiary/aromatic N) is 6. The van der Waals surface area contributed by atoms with Gasteiger partial charge in [-0.05, 0) is 67.9 Å². The normalized spacial score (nSPS) is 17.7. The molecular weight excluding hydrogens is 524 g/mol. The molecule has 1 atom stereocenters. The molecule has 3 aliphatic rings. The molecule has 4 heterocycles. The zero-order chi connectivity index (χ0) is 28.8. The summed E-state index contributed by atoms with van der Waals surface area (Å²) in [6.07, 6.45) is 10.3. The first-order valence-electron chi connectivity index (χ1n) is 13.7. The molecule has 0 radical (unpaired) electrons. The standard InChI is InChI=1S/C23H21F2N5.C7H10N4/c1-3-13-8-19(25)16(9-18(13)24)20-7-6-15(10-27-20)17-11-28-30-22(26)21(14-4-5-14)12(2)29-23(17)30;8-4-10-7(9)11-2-1-5-3-6(5)11/h6-11,14H,3-5,26H2,1-2H3;1,4,6H,2-3H2,(H3,8,9,10). The van der Waals surface area contributed by atoms with Crippen LogP contribution in [0.5, 0.6) is 0 Å². The number of nitrogen functional groups attached to an aromatic ring is 1. The Bertz CT molecular complexity index is 1720. The van der Waals surface area contributed by atoms with Gasteiger partial charge in [0.25, 0.3) is 0 Å². The highest BCUT2D eigenvalue weighted by molar-refractivity contribution is 5.86. The SMILES string of the molecule is CCc1cc(F)c(-c2ccc(-c3cnn4c(N)c(C5CC5)c(C)nc34)cn2)cc1F.N=CN=C(N)N1CC=C2CC21. The van der Waals surface area contributed by atoms with Gasteiger partial charge in [-0.1, -0.05) is 19.1 Å². The number of aryl methyl sites for hydroxylation is 2. The summed E-state index contributed by atoms with van der Waals surface area (Å²) in [5.41, 5.74) is 18.5. The monoisotopic (exact) mass is 555 g/mol. The van der Waals surface area contributed by atoms with E-state index in [0.717, 1.165) is 54.5 Å². The molecule has 0 bridgehead atoms. The minimum atomic E-state index is -0.484. The minimum Gasteiger partial charge on any atom is -0.383 e. The molecular formula is C30H31F2N9. The van der Waals surface area contributed by atoms with Crippen LogP contribution in [0.3, 0.4) is 0 Å². The molecule has 0 saturated heterocycles. The van der Waals surface area contributed by atoms with Crippen molar-refractivity contribution in [2.24, 2.45) is 10.7 Å².